The molecule has 0 radical (unpaired) electrons. The van der Waals surface area contributed by atoms with Gasteiger partial charge < -0.3 is 30.6 Å². The molecule has 0 atom stereocenters. The molecule has 0 amide bonds. The van der Waals surface area contributed by atoms with Gasteiger partial charge in [0, 0.05) is 0 Å². The highest BCUT2D eigenvalue weighted by molar-refractivity contribution is 5.50. The van der Waals surface area contributed by atoms with Gasteiger partial charge in [-0.1, -0.05) is 62.3 Å². The second-order valence-corrected chi connectivity index (χ2v) is 15.3. The maximum Gasteiger partial charge on any atom is 0.336 e. The molecule has 258 valence electrons. The minimum absolute atomic E-state index is 0.167. The van der Waals surface area contributed by atoms with E-state index in [1.807, 2.05) is 62.3 Å². The molecule has 0 bridgehead atoms. The summed E-state index contributed by atoms with van der Waals surface area (Å²) in [5.74, 6) is -2.35. The predicted molar refractivity (Wildman–Crippen MR) is 182 cm³/mol. The van der Waals surface area contributed by atoms with Crippen molar-refractivity contribution in [1.29, 1.82) is 0 Å². The van der Waals surface area contributed by atoms with Crippen LogP contribution in [-0.2, 0) is 35.9 Å². The number of rotatable bonds is 6. The lowest BCUT2D eigenvalue weighted by Gasteiger charge is -2.22. The van der Waals surface area contributed by atoms with E-state index in [9.17, 15) is 45.0 Å². The average Bonchev–Trinajstić information content (AvgIpc) is 2.93. The van der Waals surface area contributed by atoms with E-state index in [2.05, 4.69) is 0 Å². The van der Waals surface area contributed by atoms with Gasteiger partial charge >= 0.3 is 17.1 Å². The fourth-order valence-corrected chi connectivity index (χ4v) is 5.27. The van der Waals surface area contributed by atoms with E-state index < -0.39 is 87.4 Å². The summed E-state index contributed by atoms with van der Waals surface area (Å²) in [5.41, 5.74) is -3.57. The molecule has 0 aliphatic carbocycles. The Morgan fingerprint density at radius 1 is 0.396 bits per heavy atom. The number of hydrogen-bond acceptors (Lipinski definition) is 9. The summed E-state index contributed by atoms with van der Waals surface area (Å²) in [5, 5.41) is 65.3. The number of aromatic hydroxyl groups is 6. The first-order chi connectivity index (χ1) is 21.9. The molecule has 0 spiro atoms. The lowest BCUT2D eigenvalue weighted by Crippen LogP contribution is -2.54. The smallest absolute Gasteiger partial charge is 0.336 e. The van der Waals surface area contributed by atoms with Crippen LogP contribution in [-0.4, -0.2) is 44.3 Å². The van der Waals surface area contributed by atoms with E-state index in [-0.39, 0.29) is 16.7 Å². The van der Waals surface area contributed by atoms with E-state index in [4.69, 9.17) is 0 Å². The van der Waals surface area contributed by atoms with E-state index in [0.29, 0.717) is 30.4 Å². The number of hydrogen-bond donors (Lipinski definition) is 6. The Bertz CT molecular complexity index is 1750. The summed E-state index contributed by atoms with van der Waals surface area (Å²) < 4.78 is 1.84. The van der Waals surface area contributed by atoms with Crippen molar-refractivity contribution in [3.63, 3.8) is 0 Å². The monoisotopic (exact) mass is 663 g/mol. The minimum Gasteiger partial charge on any atom is -0.507 e. The molecular weight excluding hydrogens is 618 g/mol. The predicted octanol–water partition coefficient (Wildman–Crippen LogP) is 4.44. The number of phenols is 6. The zero-order valence-electron chi connectivity index (χ0n) is 28.8. The Kier molecular flexibility index (Phi) is 9.04. The molecule has 4 rings (SSSR count). The Morgan fingerprint density at radius 3 is 0.708 bits per heavy atom. The number of benzene rings is 3. The maximum absolute atomic E-state index is 13.9. The quantitative estimate of drug-likeness (QED) is 0.173. The van der Waals surface area contributed by atoms with Crippen LogP contribution in [0, 0.1) is 0 Å². The molecule has 0 saturated carbocycles. The topological polar surface area (TPSA) is 187 Å². The first kappa shape index (κ1) is 35.7. The average molecular weight is 664 g/mol. The number of nitrogens with zero attached hydrogens (tertiary/aromatic N) is 3. The van der Waals surface area contributed by atoms with Gasteiger partial charge in [0.25, 0.3) is 0 Å². The third-order valence-corrected chi connectivity index (χ3v) is 8.54. The van der Waals surface area contributed by atoms with Crippen LogP contribution in [0.5, 0.6) is 34.5 Å². The van der Waals surface area contributed by atoms with Crippen LogP contribution < -0.4 is 17.1 Å². The molecule has 0 saturated heterocycles. The number of aromatic nitrogens is 3. The number of phenolic OH excluding ortho intramolecular Hbond substituents is 6. The lowest BCUT2D eigenvalue weighted by molar-refractivity contribution is 0.407. The molecule has 12 nitrogen and oxygen atoms in total. The van der Waals surface area contributed by atoms with E-state index in [1.165, 1.54) is 36.4 Å². The van der Waals surface area contributed by atoms with Gasteiger partial charge in [-0.05, 0) is 69.3 Å². The van der Waals surface area contributed by atoms with Crippen molar-refractivity contribution in [2.75, 3.05) is 0 Å². The molecule has 0 fully saturated rings. The van der Waals surface area contributed by atoms with Crippen LogP contribution in [0.25, 0.3) is 0 Å². The molecular formula is C36H45N3O9. The standard InChI is InChI=1S/C36H45N3O9/c1-34(2,3)19-10-25(40)22(26(41)11-19)16-37-31(46)38(17-23-27(42)12-20(13-28(23)43)35(4,5)6)33(48)39(32(37)47)18-24-29(44)14-21(15-30(24)45)36(7,8)9/h10-15,40-45H,16-18H2,1-9H3. The van der Waals surface area contributed by atoms with Crippen molar-refractivity contribution in [3.05, 3.63) is 101 Å². The summed E-state index contributed by atoms with van der Waals surface area (Å²) in [6, 6.07) is 8.47. The van der Waals surface area contributed by atoms with Gasteiger partial charge in [0.1, 0.15) is 34.5 Å². The van der Waals surface area contributed by atoms with Gasteiger partial charge in [0.05, 0.1) is 36.3 Å². The maximum atomic E-state index is 13.9. The van der Waals surface area contributed by atoms with Gasteiger partial charge in [0.2, 0.25) is 0 Å². The summed E-state index contributed by atoms with van der Waals surface area (Å²) in [4.78, 5) is 41.7. The van der Waals surface area contributed by atoms with Crippen molar-refractivity contribution in [2.45, 2.75) is 98.2 Å². The van der Waals surface area contributed by atoms with Gasteiger partial charge in [-0.25, -0.2) is 28.1 Å². The molecule has 1 aromatic heterocycles. The van der Waals surface area contributed by atoms with Gasteiger partial charge in [-0.2, -0.15) is 0 Å². The molecule has 6 N–H and O–H groups in total. The zero-order chi connectivity index (χ0) is 36.3. The molecule has 0 aliphatic rings. The molecule has 3 aromatic carbocycles. The Labute approximate surface area is 278 Å². The largest absolute Gasteiger partial charge is 0.507 e. The normalized spacial score (nSPS) is 12.4. The van der Waals surface area contributed by atoms with Gasteiger partial charge in [-0.15, -0.1) is 0 Å². The van der Waals surface area contributed by atoms with Crippen molar-refractivity contribution in [1.82, 2.24) is 13.7 Å². The molecule has 0 unspecified atom stereocenters. The van der Waals surface area contributed by atoms with Crippen LogP contribution in [0.15, 0.2) is 50.8 Å². The third kappa shape index (κ3) is 6.92. The fourth-order valence-electron chi connectivity index (χ4n) is 5.27. The Balaban J connectivity index is 1.98. The Hall–Kier alpha value is -5.13. The summed E-state index contributed by atoms with van der Waals surface area (Å²) >= 11 is 0. The highest BCUT2D eigenvalue weighted by atomic mass is 16.3. The van der Waals surface area contributed by atoms with E-state index in [1.54, 1.807) is 0 Å². The second-order valence-electron chi connectivity index (χ2n) is 15.3. The van der Waals surface area contributed by atoms with Crippen molar-refractivity contribution in [3.8, 4) is 34.5 Å². The highest BCUT2D eigenvalue weighted by Crippen LogP contribution is 2.37. The highest BCUT2D eigenvalue weighted by Gasteiger charge is 2.26. The van der Waals surface area contributed by atoms with Gasteiger partial charge in [0.15, 0.2) is 0 Å². The second kappa shape index (κ2) is 12.1. The first-order valence-electron chi connectivity index (χ1n) is 15.5. The molecule has 48 heavy (non-hydrogen) atoms. The van der Waals surface area contributed by atoms with Crippen molar-refractivity contribution < 1.29 is 30.6 Å². The minimum atomic E-state index is -1.16. The fraction of sp³-hybridized carbons (Fsp3) is 0.417. The summed E-state index contributed by atoms with van der Waals surface area (Å²) in [6.45, 7) is 14.9. The van der Waals surface area contributed by atoms with Crippen LogP contribution in [0.1, 0.15) is 95.7 Å². The molecule has 12 heteroatoms. The van der Waals surface area contributed by atoms with Crippen molar-refractivity contribution >= 4 is 0 Å². The first-order valence-corrected chi connectivity index (χ1v) is 15.5. The SMILES string of the molecule is CC(C)(C)c1cc(O)c(Cn2c(=O)n(Cc3c(O)cc(C(C)(C)C)cc3O)c(=O)n(Cc3c(O)cc(C(C)(C)C)cc3O)c2=O)c(O)c1. The molecule has 1 heterocycles. The Morgan fingerprint density at radius 2 is 0.562 bits per heavy atom. The van der Waals surface area contributed by atoms with Crippen LogP contribution in [0.2, 0.25) is 0 Å². The van der Waals surface area contributed by atoms with E-state index in [0.717, 1.165) is 0 Å². The van der Waals surface area contributed by atoms with Crippen LogP contribution >= 0.6 is 0 Å². The molecule has 0 aliphatic heterocycles. The van der Waals surface area contributed by atoms with Crippen molar-refractivity contribution in [2.24, 2.45) is 0 Å². The van der Waals surface area contributed by atoms with E-state index >= 15 is 0 Å². The lowest BCUT2D eigenvalue weighted by atomic mass is 9.86. The summed E-state index contributed by atoms with van der Waals surface area (Å²) in [6.07, 6.45) is 0. The van der Waals surface area contributed by atoms with Crippen LogP contribution in [0.4, 0.5) is 0 Å². The summed E-state index contributed by atoms with van der Waals surface area (Å²) in [7, 11) is 0. The van der Waals surface area contributed by atoms with Gasteiger partial charge in [-0.3, -0.25) is 0 Å². The zero-order valence-corrected chi connectivity index (χ0v) is 28.8. The van der Waals surface area contributed by atoms with Crippen LogP contribution in [0.3, 0.4) is 0 Å². The third-order valence-electron chi connectivity index (χ3n) is 8.54. The molecule has 4 aromatic rings.